The third-order valence-electron chi connectivity index (χ3n) is 3.43. The Kier molecular flexibility index (Phi) is 4.70. The number of carbonyl (C=O) groups excluding carboxylic acids is 2. The predicted molar refractivity (Wildman–Crippen MR) is 70.8 cm³/mol. The normalized spacial score (nSPS) is 19.6. The molecule has 0 aliphatic carbocycles. The molecule has 2 rings (SSSR count). The third kappa shape index (κ3) is 3.38. The van der Waals surface area contributed by atoms with E-state index in [1.807, 2.05) is 0 Å². The van der Waals surface area contributed by atoms with Crippen molar-refractivity contribution in [2.24, 2.45) is 0 Å². The number of benzene rings is 1. The first-order valence-electron chi connectivity index (χ1n) is 6.59. The highest BCUT2D eigenvalue weighted by Crippen LogP contribution is 2.36. The van der Waals surface area contributed by atoms with Crippen molar-refractivity contribution in [2.45, 2.75) is 12.2 Å². The summed E-state index contributed by atoms with van der Waals surface area (Å²) in [7, 11) is 1.19. The molecule has 1 heterocycles. The molecule has 1 aromatic rings. The number of rotatable bonds is 3. The molecule has 0 unspecified atom stereocenters. The summed E-state index contributed by atoms with van der Waals surface area (Å²) < 4.78 is 44.0. The molecule has 5 nitrogen and oxygen atoms in total. The van der Waals surface area contributed by atoms with Gasteiger partial charge in [-0.1, -0.05) is 18.2 Å². The van der Waals surface area contributed by atoms with Crippen LogP contribution < -0.4 is 5.32 Å². The molecule has 1 amide bonds. The van der Waals surface area contributed by atoms with Gasteiger partial charge in [-0.05, 0) is 11.6 Å². The molecule has 1 fully saturated rings. The van der Waals surface area contributed by atoms with E-state index in [0.717, 1.165) is 6.07 Å². The fraction of sp³-hybridized carbons (Fsp3) is 0.429. The average molecular weight is 316 g/mol. The minimum atomic E-state index is -4.58. The van der Waals surface area contributed by atoms with Gasteiger partial charge in [0.1, 0.15) is 6.04 Å². The van der Waals surface area contributed by atoms with E-state index >= 15 is 0 Å². The minimum absolute atomic E-state index is 0.170. The lowest BCUT2D eigenvalue weighted by molar-refractivity contribution is -0.145. The summed E-state index contributed by atoms with van der Waals surface area (Å²) in [6.07, 6.45) is -4.58. The molecule has 0 saturated carbocycles. The Bertz CT molecular complexity index is 575. The van der Waals surface area contributed by atoms with E-state index < -0.39 is 29.7 Å². The summed E-state index contributed by atoms with van der Waals surface area (Å²) in [5.74, 6) is -1.17. The predicted octanol–water partition coefficient (Wildman–Crippen LogP) is 1.35. The smallest absolute Gasteiger partial charge is 0.416 e. The van der Waals surface area contributed by atoms with E-state index in [1.165, 1.54) is 30.2 Å². The number of carbonyl (C=O) groups is 2. The molecule has 0 spiro atoms. The topological polar surface area (TPSA) is 58.6 Å². The van der Waals surface area contributed by atoms with Crippen LogP contribution in [0.15, 0.2) is 24.3 Å². The van der Waals surface area contributed by atoms with E-state index in [0.29, 0.717) is 0 Å². The van der Waals surface area contributed by atoms with Gasteiger partial charge in [0.25, 0.3) is 0 Å². The van der Waals surface area contributed by atoms with E-state index in [9.17, 15) is 22.8 Å². The van der Waals surface area contributed by atoms with E-state index in [4.69, 9.17) is 0 Å². The number of ether oxygens (including phenoxy) is 1. The molecule has 1 aliphatic heterocycles. The monoisotopic (exact) mass is 316 g/mol. The fourth-order valence-electron chi connectivity index (χ4n) is 2.45. The van der Waals surface area contributed by atoms with Crippen molar-refractivity contribution in [3.63, 3.8) is 0 Å². The Hall–Kier alpha value is -2.09. The zero-order valence-corrected chi connectivity index (χ0v) is 11.8. The highest BCUT2D eigenvalue weighted by atomic mass is 19.4. The van der Waals surface area contributed by atoms with Crippen molar-refractivity contribution in [1.82, 2.24) is 10.2 Å². The molecule has 0 bridgehead atoms. The zero-order valence-electron chi connectivity index (χ0n) is 11.8. The van der Waals surface area contributed by atoms with Gasteiger partial charge in [0.15, 0.2) is 0 Å². The first-order chi connectivity index (χ1) is 10.3. The van der Waals surface area contributed by atoms with Crippen LogP contribution in [0.2, 0.25) is 0 Å². The van der Waals surface area contributed by atoms with Gasteiger partial charge in [-0.25, -0.2) is 0 Å². The highest BCUT2D eigenvalue weighted by molar-refractivity contribution is 5.85. The minimum Gasteiger partial charge on any atom is -0.468 e. The Labute approximate surface area is 125 Å². The zero-order chi connectivity index (χ0) is 16.3. The molecule has 1 aliphatic rings. The maximum atomic E-state index is 13.1. The maximum absolute atomic E-state index is 13.1. The van der Waals surface area contributed by atoms with Crippen LogP contribution in [-0.4, -0.2) is 43.5 Å². The number of esters is 1. The maximum Gasteiger partial charge on any atom is 0.416 e. The van der Waals surface area contributed by atoms with Crippen LogP contribution in [0.4, 0.5) is 13.2 Å². The van der Waals surface area contributed by atoms with Crippen molar-refractivity contribution in [1.29, 1.82) is 0 Å². The van der Waals surface area contributed by atoms with Crippen molar-refractivity contribution in [3.8, 4) is 0 Å². The number of hydrogen-bond acceptors (Lipinski definition) is 4. The van der Waals surface area contributed by atoms with Crippen molar-refractivity contribution >= 4 is 11.9 Å². The number of piperazine rings is 1. The number of alkyl halides is 3. The second-order valence-corrected chi connectivity index (χ2v) is 4.83. The molecule has 1 atom stereocenters. The number of nitrogens with one attached hydrogen (secondary N) is 1. The van der Waals surface area contributed by atoms with Crippen LogP contribution in [0.25, 0.3) is 0 Å². The molecule has 0 aromatic heterocycles. The second kappa shape index (κ2) is 6.35. The Morgan fingerprint density at radius 2 is 2.09 bits per heavy atom. The number of nitrogens with zero attached hydrogens (tertiary/aromatic N) is 1. The van der Waals surface area contributed by atoms with Crippen LogP contribution in [0.5, 0.6) is 0 Å². The molecule has 1 aromatic carbocycles. The largest absolute Gasteiger partial charge is 0.468 e. The molecule has 22 heavy (non-hydrogen) atoms. The second-order valence-electron chi connectivity index (χ2n) is 4.83. The van der Waals surface area contributed by atoms with Gasteiger partial charge < -0.3 is 10.1 Å². The number of hydrogen-bond donors (Lipinski definition) is 1. The number of methoxy groups -OCH3 is 1. The van der Waals surface area contributed by atoms with Gasteiger partial charge in [-0.15, -0.1) is 0 Å². The quantitative estimate of drug-likeness (QED) is 0.855. The summed E-state index contributed by atoms with van der Waals surface area (Å²) in [5.41, 5.74) is -1.05. The van der Waals surface area contributed by atoms with Crippen molar-refractivity contribution in [3.05, 3.63) is 35.4 Å². The lowest BCUT2D eigenvalue weighted by Gasteiger charge is -2.35. The van der Waals surface area contributed by atoms with Gasteiger partial charge in [0, 0.05) is 13.1 Å². The van der Waals surface area contributed by atoms with Crippen molar-refractivity contribution < 1.29 is 27.5 Å². The first-order valence-corrected chi connectivity index (χ1v) is 6.59. The number of amides is 1. The number of halogens is 3. The summed E-state index contributed by atoms with van der Waals surface area (Å²) in [6, 6.07) is 3.70. The summed E-state index contributed by atoms with van der Waals surface area (Å²) in [5, 5.41) is 2.53. The SMILES string of the molecule is COC(=O)CN1CCNC(=O)[C@H]1c1ccccc1C(F)(F)F. The van der Waals surface area contributed by atoms with Crippen LogP contribution in [0.1, 0.15) is 17.2 Å². The van der Waals surface area contributed by atoms with Crippen LogP contribution in [0.3, 0.4) is 0 Å². The van der Waals surface area contributed by atoms with Crippen LogP contribution in [-0.2, 0) is 20.5 Å². The van der Waals surface area contributed by atoms with Crippen molar-refractivity contribution in [2.75, 3.05) is 26.7 Å². The van der Waals surface area contributed by atoms with Crippen LogP contribution in [0, 0.1) is 0 Å². The lowest BCUT2D eigenvalue weighted by Crippen LogP contribution is -2.51. The molecular weight excluding hydrogens is 301 g/mol. The molecule has 1 N–H and O–H groups in total. The van der Waals surface area contributed by atoms with Gasteiger partial charge in [-0.2, -0.15) is 13.2 Å². The van der Waals surface area contributed by atoms with Gasteiger partial charge in [0.2, 0.25) is 5.91 Å². The first kappa shape index (κ1) is 16.3. The van der Waals surface area contributed by atoms with E-state index in [1.54, 1.807) is 0 Å². The van der Waals surface area contributed by atoms with Gasteiger partial charge in [-0.3, -0.25) is 14.5 Å². The molecule has 1 saturated heterocycles. The van der Waals surface area contributed by atoms with Crippen LogP contribution >= 0.6 is 0 Å². The third-order valence-corrected chi connectivity index (χ3v) is 3.43. The standard InChI is InChI=1S/C14H15F3N2O3/c1-22-11(20)8-19-7-6-18-13(21)12(19)9-4-2-3-5-10(9)14(15,16)17/h2-5,12H,6-8H2,1H3,(H,18,21)/t12-/m1/s1. The molecule has 120 valence electrons. The summed E-state index contributed by atoms with van der Waals surface area (Å²) in [4.78, 5) is 24.9. The Morgan fingerprint density at radius 1 is 1.41 bits per heavy atom. The summed E-state index contributed by atoms with van der Waals surface area (Å²) in [6.45, 7) is 0.277. The van der Waals surface area contributed by atoms with Gasteiger partial charge in [0.05, 0.1) is 19.2 Å². The lowest BCUT2D eigenvalue weighted by atomic mass is 9.96. The summed E-state index contributed by atoms with van der Waals surface area (Å²) >= 11 is 0. The Morgan fingerprint density at radius 3 is 2.73 bits per heavy atom. The molecule has 0 radical (unpaired) electrons. The Balaban J connectivity index is 2.42. The van der Waals surface area contributed by atoms with E-state index in [2.05, 4.69) is 10.1 Å². The van der Waals surface area contributed by atoms with E-state index in [-0.39, 0.29) is 25.2 Å². The highest BCUT2D eigenvalue weighted by Gasteiger charge is 2.40. The molecule has 8 heteroatoms. The van der Waals surface area contributed by atoms with Gasteiger partial charge >= 0.3 is 12.1 Å². The molecular formula is C14H15F3N2O3. The average Bonchev–Trinajstić information content (AvgIpc) is 2.46. The fourth-order valence-corrected chi connectivity index (χ4v) is 2.45.